The molecule has 0 unspecified atom stereocenters. The van der Waals surface area contributed by atoms with E-state index in [-0.39, 0.29) is 6.10 Å². The summed E-state index contributed by atoms with van der Waals surface area (Å²) in [6.45, 7) is 1.89. The fourth-order valence-electron chi connectivity index (χ4n) is 3.19. The monoisotopic (exact) mass is 346 g/mol. The molecule has 1 saturated heterocycles. The Balaban J connectivity index is 1.36. The minimum absolute atomic E-state index is 0.261. The van der Waals surface area contributed by atoms with Crippen LogP contribution in [-0.4, -0.2) is 44.2 Å². The van der Waals surface area contributed by atoms with Crippen molar-refractivity contribution in [3.63, 3.8) is 0 Å². The van der Waals surface area contributed by atoms with Crippen LogP contribution >= 0.6 is 0 Å². The predicted molar refractivity (Wildman–Crippen MR) is 101 cm³/mol. The Hall–Kier alpha value is -3.19. The fourth-order valence-corrected chi connectivity index (χ4v) is 3.19. The highest BCUT2D eigenvalue weighted by Crippen LogP contribution is 2.21. The first-order valence-electron chi connectivity index (χ1n) is 8.61. The van der Waals surface area contributed by atoms with Crippen LogP contribution in [0.5, 0.6) is 0 Å². The molecule has 4 aromatic rings. The van der Waals surface area contributed by atoms with E-state index in [4.69, 9.17) is 0 Å². The SMILES string of the molecule is OC1CN(c2ccc3ncc(NCc4ccc5cc[nH]c5c4)nc3n2)C1. The number of aliphatic hydroxyl groups is 1. The first-order chi connectivity index (χ1) is 12.7. The number of nitrogens with one attached hydrogen (secondary N) is 2. The highest BCUT2D eigenvalue weighted by atomic mass is 16.3. The third-order valence-electron chi connectivity index (χ3n) is 4.67. The van der Waals surface area contributed by atoms with Gasteiger partial charge < -0.3 is 20.3 Å². The minimum atomic E-state index is -0.261. The third-order valence-corrected chi connectivity index (χ3v) is 4.67. The van der Waals surface area contributed by atoms with Crippen molar-refractivity contribution in [2.75, 3.05) is 23.3 Å². The van der Waals surface area contributed by atoms with Crippen LogP contribution in [-0.2, 0) is 6.54 Å². The van der Waals surface area contributed by atoms with Gasteiger partial charge in [0.05, 0.1) is 12.3 Å². The normalized spacial score (nSPS) is 14.7. The standard InChI is InChI=1S/C19H18N6O/c26-14-10-25(11-14)18-4-3-15-19(24-18)23-17(9-21-15)22-8-12-1-2-13-5-6-20-16(13)7-12/h1-7,9,14,20,26H,8,10-11H2,(H,22,23,24). The Kier molecular flexibility index (Phi) is 3.46. The molecule has 7 nitrogen and oxygen atoms in total. The minimum Gasteiger partial charge on any atom is -0.389 e. The van der Waals surface area contributed by atoms with E-state index in [1.165, 1.54) is 5.39 Å². The molecule has 0 atom stereocenters. The number of fused-ring (bicyclic) bond motifs is 2. The first-order valence-corrected chi connectivity index (χ1v) is 8.61. The van der Waals surface area contributed by atoms with Gasteiger partial charge in [0.1, 0.15) is 17.2 Å². The number of nitrogens with zero attached hydrogens (tertiary/aromatic N) is 4. The van der Waals surface area contributed by atoms with E-state index in [2.05, 4.69) is 49.5 Å². The Morgan fingerprint density at radius 3 is 2.96 bits per heavy atom. The summed E-state index contributed by atoms with van der Waals surface area (Å²) in [5.74, 6) is 1.52. The predicted octanol–water partition coefficient (Wildman–Crippen LogP) is 2.30. The number of β-amino-alcohol motifs (C(OH)–C–C–N with tert-alkyl or cyclic N) is 1. The van der Waals surface area contributed by atoms with Gasteiger partial charge in [0.2, 0.25) is 0 Å². The van der Waals surface area contributed by atoms with Crippen molar-refractivity contribution in [3.8, 4) is 0 Å². The molecule has 7 heteroatoms. The van der Waals surface area contributed by atoms with Crippen LogP contribution in [0, 0.1) is 0 Å². The number of aliphatic hydroxyl groups excluding tert-OH is 1. The Morgan fingerprint density at radius 2 is 2.08 bits per heavy atom. The van der Waals surface area contributed by atoms with Crippen molar-refractivity contribution in [1.82, 2.24) is 19.9 Å². The number of anilines is 2. The first kappa shape index (κ1) is 15.1. The zero-order valence-corrected chi connectivity index (χ0v) is 14.1. The molecule has 0 radical (unpaired) electrons. The van der Waals surface area contributed by atoms with E-state index < -0.39 is 0 Å². The summed E-state index contributed by atoms with van der Waals surface area (Å²) in [6.07, 6.45) is 3.41. The van der Waals surface area contributed by atoms with Gasteiger partial charge in [-0.25, -0.2) is 15.0 Å². The van der Waals surface area contributed by atoms with Crippen LogP contribution in [0.2, 0.25) is 0 Å². The summed E-state index contributed by atoms with van der Waals surface area (Å²) >= 11 is 0. The summed E-state index contributed by atoms with van der Waals surface area (Å²) in [6, 6.07) is 12.2. The van der Waals surface area contributed by atoms with Crippen LogP contribution in [0.15, 0.2) is 48.8 Å². The van der Waals surface area contributed by atoms with Crippen molar-refractivity contribution >= 4 is 33.7 Å². The van der Waals surface area contributed by atoms with E-state index >= 15 is 0 Å². The second-order valence-electron chi connectivity index (χ2n) is 6.58. The smallest absolute Gasteiger partial charge is 0.182 e. The van der Waals surface area contributed by atoms with Crippen molar-refractivity contribution in [1.29, 1.82) is 0 Å². The lowest BCUT2D eigenvalue weighted by Gasteiger charge is -2.36. The second-order valence-corrected chi connectivity index (χ2v) is 6.58. The molecule has 130 valence electrons. The van der Waals surface area contributed by atoms with Crippen LogP contribution in [0.3, 0.4) is 0 Å². The molecule has 1 aliphatic rings. The van der Waals surface area contributed by atoms with Gasteiger partial charge in [-0.3, -0.25) is 0 Å². The summed E-state index contributed by atoms with van der Waals surface area (Å²) < 4.78 is 0. The number of H-pyrrole nitrogens is 1. The number of hydrogen-bond acceptors (Lipinski definition) is 6. The van der Waals surface area contributed by atoms with Crippen molar-refractivity contribution < 1.29 is 5.11 Å². The van der Waals surface area contributed by atoms with E-state index in [0.29, 0.717) is 31.1 Å². The van der Waals surface area contributed by atoms with Crippen LogP contribution in [0.4, 0.5) is 11.6 Å². The molecule has 0 aliphatic carbocycles. The third kappa shape index (κ3) is 2.72. The number of pyridine rings is 1. The lowest BCUT2D eigenvalue weighted by atomic mass is 10.1. The van der Waals surface area contributed by atoms with Crippen molar-refractivity contribution in [2.24, 2.45) is 0 Å². The molecule has 3 aromatic heterocycles. The zero-order chi connectivity index (χ0) is 17.5. The number of aromatic amines is 1. The maximum Gasteiger partial charge on any atom is 0.182 e. The highest BCUT2D eigenvalue weighted by molar-refractivity contribution is 5.80. The van der Waals surface area contributed by atoms with Gasteiger partial charge in [-0.1, -0.05) is 12.1 Å². The molecular formula is C19H18N6O. The topological polar surface area (TPSA) is 90.0 Å². The highest BCUT2D eigenvalue weighted by Gasteiger charge is 2.25. The second kappa shape index (κ2) is 5.96. The summed E-state index contributed by atoms with van der Waals surface area (Å²) in [7, 11) is 0. The lowest BCUT2D eigenvalue weighted by molar-refractivity contribution is 0.141. The van der Waals surface area contributed by atoms with E-state index in [9.17, 15) is 5.11 Å². The van der Waals surface area contributed by atoms with Crippen LogP contribution in [0.25, 0.3) is 22.1 Å². The fraction of sp³-hybridized carbons (Fsp3) is 0.211. The summed E-state index contributed by atoms with van der Waals surface area (Å²) in [5, 5.41) is 14.0. The lowest BCUT2D eigenvalue weighted by Crippen LogP contribution is -2.51. The van der Waals surface area contributed by atoms with Crippen molar-refractivity contribution in [2.45, 2.75) is 12.6 Å². The molecule has 0 amide bonds. The number of hydrogen-bond donors (Lipinski definition) is 3. The number of rotatable bonds is 4. The van der Waals surface area contributed by atoms with E-state index in [1.807, 2.05) is 23.2 Å². The van der Waals surface area contributed by atoms with Gasteiger partial charge in [-0.2, -0.15) is 0 Å². The molecule has 4 heterocycles. The molecule has 1 aromatic carbocycles. The van der Waals surface area contributed by atoms with Gasteiger partial charge in [-0.15, -0.1) is 0 Å². The molecule has 0 spiro atoms. The average Bonchev–Trinajstić information content (AvgIpc) is 3.11. The summed E-state index contributed by atoms with van der Waals surface area (Å²) in [5.41, 5.74) is 3.65. The molecule has 0 bridgehead atoms. The Labute approximate surface area is 149 Å². The van der Waals surface area contributed by atoms with Crippen molar-refractivity contribution in [3.05, 3.63) is 54.4 Å². The van der Waals surface area contributed by atoms with E-state index in [0.717, 1.165) is 22.4 Å². The Morgan fingerprint density at radius 1 is 1.15 bits per heavy atom. The molecule has 5 rings (SSSR count). The van der Waals surface area contributed by atoms with Crippen LogP contribution < -0.4 is 10.2 Å². The van der Waals surface area contributed by atoms with Gasteiger partial charge in [0, 0.05) is 31.3 Å². The quantitative estimate of drug-likeness (QED) is 0.525. The van der Waals surface area contributed by atoms with Gasteiger partial charge in [0.25, 0.3) is 0 Å². The average molecular weight is 346 g/mol. The van der Waals surface area contributed by atoms with Crippen LogP contribution in [0.1, 0.15) is 5.56 Å². The van der Waals surface area contributed by atoms with Gasteiger partial charge >= 0.3 is 0 Å². The largest absolute Gasteiger partial charge is 0.389 e. The zero-order valence-electron chi connectivity index (χ0n) is 14.1. The molecular weight excluding hydrogens is 328 g/mol. The molecule has 1 aliphatic heterocycles. The molecule has 0 saturated carbocycles. The number of benzene rings is 1. The van der Waals surface area contributed by atoms with Gasteiger partial charge in [-0.05, 0) is 35.2 Å². The maximum atomic E-state index is 9.46. The molecule has 1 fully saturated rings. The van der Waals surface area contributed by atoms with E-state index in [1.54, 1.807) is 6.20 Å². The molecule has 26 heavy (non-hydrogen) atoms. The molecule has 3 N–H and O–H groups in total. The Bertz CT molecular complexity index is 1090. The van der Waals surface area contributed by atoms with Gasteiger partial charge in [0.15, 0.2) is 5.65 Å². The number of aromatic nitrogens is 4. The maximum absolute atomic E-state index is 9.46. The summed E-state index contributed by atoms with van der Waals surface area (Å²) in [4.78, 5) is 18.8.